The molecular weight excluding hydrogens is 356 g/mol. The Bertz CT molecular complexity index is 739. The summed E-state index contributed by atoms with van der Waals surface area (Å²) < 4.78 is 6.20. The van der Waals surface area contributed by atoms with Crippen molar-refractivity contribution < 1.29 is 9.53 Å². The number of halogens is 1. The maximum atomic E-state index is 12.0. The first-order valence-electron chi connectivity index (χ1n) is 7.35. The summed E-state index contributed by atoms with van der Waals surface area (Å²) in [5.74, 6) is 0.752. The highest BCUT2D eigenvalue weighted by atomic mass is 79.9. The van der Waals surface area contributed by atoms with Crippen LogP contribution in [-0.2, 0) is 4.79 Å². The number of rotatable bonds is 3. The van der Waals surface area contributed by atoms with Crippen molar-refractivity contribution in [2.24, 2.45) is 5.10 Å². The van der Waals surface area contributed by atoms with E-state index < -0.39 is 0 Å². The quantitative estimate of drug-likeness (QED) is 0.811. The molecule has 118 valence electrons. The third-order valence-electron chi connectivity index (χ3n) is 3.91. The fourth-order valence-electron chi connectivity index (χ4n) is 2.70. The molecule has 0 spiro atoms. The van der Waals surface area contributed by atoms with E-state index in [9.17, 15) is 4.79 Å². The molecule has 0 N–H and O–H groups in total. The first kappa shape index (κ1) is 15.7. The van der Waals surface area contributed by atoms with Gasteiger partial charge in [-0.15, -0.1) is 0 Å². The molecule has 0 aromatic heterocycles. The minimum absolute atomic E-state index is 0.0542. The molecule has 0 saturated carbocycles. The van der Waals surface area contributed by atoms with Crippen LogP contribution in [0.2, 0.25) is 0 Å². The molecule has 0 radical (unpaired) electrons. The number of methoxy groups -OCH3 is 1. The molecule has 2 aromatic rings. The number of ether oxygens (including phenoxy) is 1. The van der Waals surface area contributed by atoms with Crippen LogP contribution in [0.3, 0.4) is 0 Å². The second-order valence-corrected chi connectivity index (χ2v) is 6.33. The summed E-state index contributed by atoms with van der Waals surface area (Å²) in [6.45, 7) is 1.55. The number of benzene rings is 2. The van der Waals surface area contributed by atoms with Crippen LogP contribution >= 0.6 is 15.9 Å². The lowest BCUT2D eigenvalue weighted by Crippen LogP contribution is -2.24. The molecule has 1 amide bonds. The molecule has 0 aliphatic carbocycles. The largest absolute Gasteiger partial charge is 0.497 e. The highest BCUT2D eigenvalue weighted by molar-refractivity contribution is 9.10. The van der Waals surface area contributed by atoms with E-state index in [0.717, 1.165) is 27.1 Å². The van der Waals surface area contributed by atoms with Crippen molar-refractivity contribution in [2.45, 2.75) is 19.4 Å². The number of carbonyl (C=O) groups is 1. The van der Waals surface area contributed by atoms with Crippen molar-refractivity contribution in [3.8, 4) is 5.75 Å². The summed E-state index contributed by atoms with van der Waals surface area (Å²) in [5.41, 5.74) is 3.00. The van der Waals surface area contributed by atoms with Crippen LogP contribution in [-0.4, -0.2) is 23.7 Å². The van der Waals surface area contributed by atoms with Crippen LogP contribution in [0.5, 0.6) is 5.75 Å². The molecule has 0 bridgehead atoms. The zero-order chi connectivity index (χ0) is 16.4. The molecule has 0 saturated heterocycles. The smallest absolute Gasteiger partial charge is 0.240 e. The topological polar surface area (TPSA) is 41.9 Å². The van der Waals surface area contributed by atoms with Crippen LogP contribution in [0.1, 0.15) is 30.5 Å². The monoisotopic (exact) mass is 372 g/mol. The Morgan fingerprint density at radius 2 is 1.83 bits per heavy atom. The van der Waals surface area contributed by atoms with E-state index in [1.165, 1.54) is 0 Å². The van der Waals surface area contributed by atoms with Crippen molar-refractivity contribution in [2.75, 3.05) is 7.11 Å². The first-order chi connectivity index (χ1) is 11.1. The lowest BCUT2D eigenvalue weighted by atomic mass is 9.98. The summed E-state index contributed by atoms with van der Waals surface area (Å²) in [6.07, 6.45) is 0.702. The van der Waals surface area contributed by atoms with Crippen LogP contribution in [0, 0.1) is 0 Å². The Balaban J connectivity index is 1.90. The third-order valence-corrected chi connectivity index (χ3v) is 4.44. The second kappa shape index (κ2) is 6.54. The predicted molar refractivity (Wildman–Crippen MR) is 93.6 cm³/mol. The zero-order valence-corrected chi connectivity index (χ0v) is 14.6. The van der Waals surface area contributed by atoms with Gasteiger partial charge in [-0.25, -0.2) is 5.01 Å². The van der Waals surface area contributed by atoms with Gasteiger partial charge < -0.3 is 4.74 Å². The Hall–Kier alpha value is -2.14. The minimum Gasteiger partial charge on any atom is -0.497 e. The summed E-state index contributed by atoms with van der Waals surface area (Å²) in [6, 6.07) is 15.7. The standard InChI is InChI=1S/C18H17BrN2O2/c1-12(22)21-18(14-3-7-15(19)8-4-14)11-17(20-21)13-5-9-16(23-2)10-6-13/h3-10,18H,11H2,1-2H3/t18-/m1/s1. The summed E-state index contributed by atoms with van der Waals surface area (Å²) in [4.78, 5) is 12.0. The summed E-state index contributed by atoms with van der Waals surface area (Å²) in [7, 11) is 1.64. The van der Waals surface area contributed by atoms with E-state index in [0.29, 0.717) is 6.42 Å². The second-order valence-electron chi connectivity index (χ2n) is 5.41. The van der Waals surface area contributed by atoms with Crippen LogP contribution in [0.4, 0.5) is 0 Å². The van der Waals surface area contributed by atoms with Gasteiger partial charge in [-0.3, -0.25) is 4.79 Å². The highest BCUT2D eigenvalue weighted by Crippen LogP contribution is 2.33. The van der Waals surface area contributed by atoms with Gasteiger partial charge >= 0.3 is 0 Å². The molecule has 2 aromatic carbocycles. The highest BCUT2D eigenvalue weighted by Gasteiger charge is 2.31. The minimum atomic E-state index is -0.0577. The number of hydrogen-bond acceptors (Lipinski definition) is 3. The fraction of sp³-hybridized carbons (Fsp3) is 0.222. The van der Waals surface area contributed by atoms with Gasteiger partial charge in [0.1, 0.15) is 5.75 Å². The van der Waals surface area contributed by atoms with Gasteiger partial charge in [0.2, 0.25) is 5.91 Å². The molecular formula is C18H17BrN2O2. The van der Waals surface area contributed by atoms with Gasteiger partial charge in [-0.2, -0.15) is 5.10 Å². The van der Waals surface area contributed by atoms with Crippen molar-refractivity contribution in [1.82, 2.24) is 5.01 Å². The molecule has 1 atom stereocenters. The maximum Gasteiger partial charge on any atom is 0.240 e. The zero-order valence-electron chi connectivity index (χ0n) is 13.0. The SMILES string of the molecule is COc1ccc(C2=NN(C(C)=O)[C@@H](c3ccc(Br)cc3)C2)cc1. The third kappa shape index (κ3) is 3.29. The predicted octanol–water partition coefficient (Wildman–Crippen LogP) is 4.16. The van der Waals surface area contributed by atoms with Gasteiger partial charge in [0.05, 0.1) is 18.9 Å². The Morgan fingerprint density at radius 1 is 1.17 bits per heavy atom. The van der Waals surface area contributed by atoms with Crippen molar-refractivity contribution in [1.29, 1.82) is 0 Å². The van der Waals surface area contributed by atoms with Gasteiger partial charge in [0.25, 0.3) is 0 Å². The van der Waals surface area contributed by atoms with Gasteiger partial charge in [-0.1, -0.05) is 28.1 Å². The van der Waals surface area contributed by atoms with E-state index in [2.05, 4.69) is 21.0 Å². The average molecular weight is 373 g/mol. The summed E-state index contributed by atoms with van der Waals surface area (Å²) in [5, 5.41) is 6.11. The molecule has 4 nitrogen and oxygen atoms in total. The van der Waals surface area contributed by atoms with Crippen LogP contribution in [0.25, 0.3) is 0 Å². The van der Waals surface area contributed by atoms with E-state index in [4.69, 9.17) is 4.74 Å². The Labute approximate surface area is 143 Å². The Morgan fingerprint density at radius 3 is 2.39 bits per heavy atom. The van der Waals surface area contributed by atoms with Crippen molar-refractivity contribution in [3.05, 3.63) is 64.1 Å². The average Bonchev–Trinajstić information content (AvgIpc) is 3.01. The van der Waals surface area contributed by atoms with Crippen molar-refractivity contribution in [3.63, 3.8) is 0 Å². The van der Waals surface area contributed by atoms with Gasteiger partial charge in [0.15, 0.2) is 0 Å². The molecule has 3 rings (SSSR count). The van der Waals surface area contributed by atoms with E-state index in [1.54, 1.807) is 19.0 Å². The van der Waals surface area contributed by atoms with E-state index in [1.807, 2.05) is 48.5 Å². The molecule has 23 heavy (non-hydrogen) atoms. The molecule has 5 heteroatoms. The van der Waals surface area contributed by atoms with Crippen LogP contribution < -0.4 is 4.74 Å². The number of amides is 1. The lowest BCUT2D eigenvalue weighted by molar-refractivity contribution is -0.130. The number of carbonyl (C=O) groups excluding carboxylic acids is 1. The van der Waals surface area contributed by atoms with Crippen molar-refractivity contribution >= 4 is 27.5 Å². The fourth-order valence-corrected chi connectivity index (χ4v) is 2.97. The number of nitrogens with zero attached hydrogens (tertiary/aromatic N) is 2. The van der Waals surface area contributed by atoms with E-state index in [-0.39, 0.29) is 11.9 Å². The maximum absolute atomic E-state index is 12.0. The van der Waals surface area contributed by atoms with Gasteiger partial charge in [-0.05, 0) is 47.5 Å². The lowest BCUT2D eigenvalue weighted by Gasteiger charge is -2.20. The normalized spacial score (nSPS) is 17.1. The van der Waals surface area contributed by atoms with Gasteiger partial charge in [0, 0.05) is 17.8 Å². The van der Waals surface area contributed by atoms with E-state index >= 15 is 0 Å². The molecule has 1 aliphatic rings. The Kier molecular flexibility index (Phi) is 4.48. The molecule has 0 fully saturated rings. The number of hydrazone groups is 1. The first-order valence-corrected chi connectivity index (χ1v) is 8.15. The molecule has 1 aliphatic heterocycles. The molecule has 1 heterocycles. The molecule has 0 unspecified atom stereocenters. The number of hydrogen-bond donors (Lipinski definition) is 0. The van der Waals surface area contributed by atoms with Crippen LogP contribution in [0.15, 0.2) is 58.1 Å². The summed E-state index contributed by atoms with van der Waals surface area (Å²) >= 11 is 3.44.